The zero-order valence-electron chi connectivity index (χ0n) is 18.3. The maximum atomic E-state index is 13.6. The van der Waals surface area contributed by atoms with Crippen LogP contribution in [0.15, 0.2) is 76.5 Å². The number of para-hydroxylation sites is 1. The number of anilines is 3. The fourth-order valence-electron chi connectivity index (χ4n) is 4.04. The fourth-order valence-corrected chi connectivity index (χ4v) is 5.70. The molecule has 8 heteroatoms. The molecule has 0 aromatic heterocycles. The minimum atomic E-state index is -3.79. The molecule has 164 valence electrons. The van der Waals surface area contributed by atoms with Crippen LogP contribution < -0.4 is 10.4 Å². The first-order valence-electron chi connectivity index (χ1n) is 10.4. The molecule has 0 N–H and O–H groups in total. The number of sulfone groups is 1. The van der Waals surface area contributed by atoms with Crippen LogP contribution in [0.3, 0.4) is 0 Å². The second kappa shape index (κ2) is 6.91. The minimum absolute atomic E-state index is 0.160. The summed E-state index contributed by atoms with van der Waals surface area (Å²) in [5.41, 5.74) is 1.23. The number of rotatable bonds is 2. The summed E-state index contributed by atoms with van der Waals surface area (Å²) in [5, 5.41) is 0. The highest BCUT2D eigenvalue weighted by atomic mass is 32.2. The molecule has 3 aromatic rings. The van der Waals surface area contributed by atoms with Gasteiger partial charge in [-0.25, -0.2) is 12.8 Å². The summed E-state index contributed by atoms with van der Waals surface area (Å²) in [4.78, 5) is 2.19. The van der Waals surface area contributed by atoms with Gasteiger partial charge in [-0.2, -0.15) is 0 Å². The second-order valence-electron chi connectivity index (χ2n) is 9.10. The summed E-state index contributed by atoms with van der Waals surface area (Å²) in [6.45, 7) is 7.81. The van der Waals surface area contributed by atoms with E-state index >= 15 is 0 Å². The number of nitrogens with zero attached hydrogens (tertiary/aromatic N) is 1. The first-order valence-corrected chi connectivity index (χ1v) is 11.9. The summed E-state index contributed by atoms with van der Waals surface area (Å²) in [6.07, 6.45) is 0. The Labute approximate surface area is 187 Å². The number of benzene rings is 3. The van der Waals surface area contributed by atoms with Gasteiger partial charge in [-0.05, 0) is 81.7 Å². The molecule has 32 heavy (non-hydrogen) atoms. The van der Waals surface area contributed by atoms with Crippen LogP contribution in [0.5, 0.6) is 0 Å². The standard InChI is InChI=1S/C24H23BFNO4S/c1-23(2)24(3,4)31-25(30-23)16-9-14-20-22(15-16)32(28,29)21-8-6-5-7-19(21)27(20)18-12-10-17(26)11-13-18/h5-15H,1-4H3. The molecule has 0 bridgehead atoms. The van der Waals surface area contributed by atoms with Crippen molar-refractivity contribution in [1.29, 1.82) is 0 Å². The van der Waals surface area contributed by atoms with Crippen LogP contribution in [0.25, 0.3) is 0 Å². The maximum Gasteiger partial charge on any atom is 0.494 e. The average molecular weight is 451 g/mol. The Morgan fingerprint density at radius 1 is 0.812 bits per heavy atom. The molecule has 3 aromatic carbocycles. The molecule has 1 fully saturated rings. The van der Waals surface area contributed by atoms with Crippen LogP contribution in [0.4, 0.5) is 21.5 Å². The van der Waals surface area contributed by atoms with E-state index in [9.17, 15) is 12.8 Å². The molecule has 0 unspecified atom stereocenters. The third-order valence-corrected chi connectivity index (χ3v) is 8.35. The molecule has 0 atom stereocenters. The highest BCUT2D eigenvalue weighted by Gasteiger charge is 2.52. The summed E-state index contributed by atoms with van der Waals surface area (Å²) < 4.78 is 53.0. The Morgan fingerprint density at radius 3 is 2.06 bits per heavy atom. The Bertz CT molecular complexity index is 1310. The first kappa shape index (κ1) is 21.2. The van der Waals surface area contributed by atoms with Gasteiger partial charge in [0.25, 0.3) is 0 Å². The molecule has 0 spiro atoms. The number of hydrogen-bond donors (Lipinski definition) is 0. The summed E-state index contributed by atoms with van der Waals surface area (Å²) in [7, 11) is -4.47. The van der Waals surface area contributed by atoms with Crippen molar-refractivity contribution in [3.63, 3.8) is 0 Å². The van der Waals surface area contributed by atoms with E-state index in [0.29, 0.717) is 22.5 Å². The third kappa shape index (κ3) is 3.09. The quantitative estimate of drug-likeness (QED) is 0.412. The van der Waals surface area contributed by atoms with Crippen molar-refractivity contribution in [3.05, 3.63) is 72.5 Å². The minimum Gasteiger partial charge on any atom is -0.399 e. The summed E-state index contributed by atoms with van der Waals surface area (Å²) in [5.74, 6) is -0.358. The third-order valence-electron chi connectivity index (χ3n) is 6.52. The molecular weight excluding hydrogens is 428 g/mol. The van der Waals surface area contributed by atoms with Crippen LogP contribution in [-0.2, 0) is 19.1 Å². The predicted molar refractivity (Wildman–Crippen MR) is 122 cm³/mol. The first-order chi connectivity index (χ1) is 15.0. The Kier molecular flexibility index (Phi) is 4.57. The molecule has 2 heterocycles. The lowest BCUT2D eigenvalue weighted by atomic mass is 9.79. The van der Waals surface area contributed by atoms with E-state index in [1.807, 2.05) is 38.7 Å². The normalized spacial score (nSPS) is 20.0. The lowest BCUT2D eigenvalue weighted by Crippen LogP contribution is -2.41. The van der Waals surface area contributed by atoms with E-state index in [1.165, 1.54) is 12.1 Å². The van der Waals surface area contributed by atoms with Crippen molar-refractivity contribution >= 4 is 39.5 Å². The van der Waals surface area contributed by atoms with Crippen molar-refractivity contribution in [2.75, 3.05) is 4.90 Å². The Balaban J connectivity index is 1.69. The van der Waals surface area contributed by atoms with Gasteiger partial charge >= 0.3 is 7.12 Å². The van der Waals surface area contributed by atoms with Gasteiger partial charge in [0.05, 0.1) is 32.4 Å². The predicted octanol–water partition coefficient (Wildman–Crippen LogP) is 4.74. The molecule has 0 saturated carbocycles. The van der Waals surface area contributed by atoms with Crippen LogP contribution >= 0.6 is 0 Å². The topological polar surface area (TPSA) is 55.8 Å². The van der Waals surface area contributed by atoms with Crippen LogP contribution in [0.1, 0.15) is 27.7 Å². The van der Waals surface area contributed by atoms with Gasteiger partial charge in [0.2, 0.25) is 9.84 Å². The molecule has 0 amide bonds. The molecule has 2 aliphatic rings. The van der Waals surface area contributed by atoms with Gasteiger partial charge in [-0.1, -0.05) is 18.2 Å². The van der Waals surface area contributed by atoms with Gasteiger partial charge in [0, 0.05) is 5.69 Å². The maximum absolute atomic E-state index is 13.6. The number of halogens is 1. The molecule has 1 saturated heterocycles. The van der Waals surface area contributed by atoms with E-state index < -0.39 is 28.2 Å². The Morgan fingerprint density at radius 2 is 1.41 bits per heavy atom. The van der Waals surface area contributed by atoms with Crippen LogP contribution in [0.2, 0.25) is 0 Å². The molecular formula is C24H23BFNO4S. The lowest BCUT2D eigenvalue weighted by molar-refractivity contribution is 0.00578. The van der Waals surface area contributed by atoms with Crippen LogP contribution in [0, 0.1) is 5.82 Å². The van der Waals surface area contributed by atoms with Gasteiger partial charge in [-0.15, -0.1) is 0 Å². The van der Waals surface area contributed by atoms with Crippen molar-refractivity contribution < 1.29 is 22.1 Å². The Hall–Kier alpha value is -2.68. The zero-order chi connectivity index (χ0) is 22.9. The smallest absolute Gasteiger partial charge is 0.399 e. The highest BCUT2D eigenvalue weighted by Crippen LogP contribution is 2.47. The molecule has 5 rings (SSSR count). The molecule has 2 aliphatic heterocycles. The summed E-state index contributed by atoms with van der Waals surface area (Å²) in [6, 6.07) is 18.0. The van der Waals surface area contributed by atoms with E-state index in [2.05, 4.69) is 0 Å². The molecule has 5 nitrogen and oxygen atoms in total. The van der Waals surface area contributed by atoms with Crippen LogP contribution in [-0.4, -0.2) is 26.7 Å². The highest BCUT2D eigenvalue weighted by molar-refractivity contribution is 7.92. The van der Waals surface area contributed by atoms with Gasteiger partial charge in [0.15, 0.2) is 0 Å². The number of hydrogen-bond acceptors (Lipinski definition) is 5. The second-order valence-corrected chi connectivity index (χ2v) is 11.0. The SMILES string of the molecule is CC1(C)OB(c2ccc3c(c2)S(=O)(=O)c2ccccc2N3c2ccc(F)cc2)OC1(C)C. The van der Waals surface area contributed by atoms with E-state index in [0.717, 1.165) is 0 Å². The molecule has 0 radical (unpaired) electrons. The monoisotopic (exact) mass is 451 g/mol. The van der Waals surface area contributed by atoms with E-state index in [-0.39, 0.29) is 15.6 Å². The largest absolute Gasteiger partial charge is 0.494 e. The van der Waals surface area contributed by atoms with Gasteiger partial charge in [-0.3, -0.25) is 0 Å². The van der Waals surface area contributed by atoms with E-state index in [4.69, 9.17) is 9.31 Å². The van der Waals surface area contributed by atoms with Gasteiger partial charge < -0.3 is 14.2 Å². The summed E-state index contributed by atoms with van der Waals surface area (Å²) >= 11 is 0. The number of fused-ring (bicyclic) bond motifs is 2. The van der Waals surface area contributed by atoms with Crippen molar-refractivity contribution in [2.45, 2.75) is 48.7 Å². The molecule has 0 aliphatic carbocycles. The van der Waals surface area contributed by atoms with E-state index in [1.54, 1.807) is 48.5 Å². The zero-order valence-corrected chi connectivity index (χ0v) is 19.1. The lowest BCUT2D eigenvalue weighted by Gasteiger charge is -2.33. The van der Waals surface area contributed by atoms with Gasteiger partial charge in [0.1, 0.15) is 5.82 Å². The fraction of sp³-hybridized carbons (Fsp3) is 0.250. The van der Waals surface area contributed by atoms with Crippen molar-refractivity contribution in [2.24, 2.45) is 0 Å². The van der Waals surface area contributed by atoms with Crippen molar-refractivity contribution in [1.82, 2.24) is 0 Å². The average Bonchev–Trinajstić information content (AvgIpc) is 2.96. The van der Waals surface area contributed by atoms with Crippen molar-refractivity contribution in [3.8, 4) is 0 Å².